The van der Waals surface area contributed by atoms with E-state index in [-0.39, 0.29) is 12.5 Å². The molecule has 22 heavy (non-hydrogen) atoms. The lowest BCUT2D eigenvalue weighted by Gasteiger charge is -2.13. The molecule has 2 heterocycles. The van der Waals surface area contributed by atoms with Gasteiger partial charge in [-0.3, -0.25) is 23.5 Å². The highest BCUT2D eigenvalue weighted by Gasteiger charge is 2.14. The van der Waals surface area contributed by atoms with Gasteiger partial charge in [-0.25, -0.2) is 4.98 Å². The van der Waals surface area contributed by atoms with Crippen molar-refractivity contribution in [3.05, 3.63) is 39.0 Å². The van der Waals surface area contributed by atoms with Crippen LogP contribution < -0.4 is 16.4 Å². The van der Waals surface area contributed by atoms with E-state index in [1.54, 1.807) is 25.3 Å². The summed E-state index contributed by atoms with van der Waals surface area (Å²) in [5.41, 5.74) is -0.460. The van der Waals surface area contributed by atoms with Crippen LogP contribution in [0.25, 0.3) is 11.2 Å². The molecule has 0 radical (unpaired) electrons. The van der Waals surface area contributed by atoms with E-state index >= 15 is 0 Å². The van der Waals surface area contributed by atoms with E-state index in [1.807, 2.05) is 6.92 Å². The number of fused-ring (bicyclic) bond motifs is 1. The van der Waals surface area contributed by atoms with Gasteiger partial charge in [-0.15, -0.1) is 0 Å². The van der Waals surface area contributed by atoms with E-state index < -0.39 is 11.1 Å². The molecule has 1 amide bonds. The summed E-state index contributed by atoms with van der Waals surface area (Å²) in [5, 5.41) is 2.74. The number of pyridine rings is 1. The van der Waals surface area contributed by atoms with E-state index in [1.165, 1.54) is 9.13 Å². The Hall–Kier alpha value is -2.44. The van der Waals surface area contributed by atoms with Crippen molar-refractivity contribution < 1.29 is 4.79 Å². The number of hydrogen-bond donors (Lipinski definition) is 1. The predicted octanol–water partition coefficient (Wildman–Crippen LogP) is 0.494. The van der Waals surface area contributed by atoms with E-state index in [9.17, 15) is 14.4 Å². The van der Waals surface area contributed by atoms with Crippen LogP contribution in [-0.4, -0.2) is 26.6 Å². The van der Waals surface area contributed by atoms with Crippen molar-refractivity contribution in [2.24, 2.45) is 0 Å². The first-order valence-electron chi connectivity index (χ1n) is 7.45. The lowest BCUT2D eigenvalue weighted by molar-refractivity contribution is -0.121. The molecule has 2 aromatic heterocycles. The third-order valence-corrected chi connectivity index (χ3v) is 3.46. The average molecular weight is 304 g/mol. The molecule has 0 unspecified atom stereocenters. The zero-order valence-electron chi connectivity index (χ0n) is 12.8. The van der Waals surface area contributed by atoms with Gasteiger partial charge in [-0.2, -0.15) is 0 Å². The van der Waals surface area contributed by atoms with Crippen LogP contribution in [0, 0.1) is 0 Å². The summed E-state index contributed by atoms with van der Waals surface area (Å²) < 4.78 is 2.52. The highest BCUT2D eigenvalue weighted by atomic mass is 16.2. The van der Waals surface area contributed by atoms with Gasteiger partial charge >= 0.3 is 11.1 Å². The highest BCUT2D eigenvalue weighted by molar-refractivity contribution is 5.78. The Balaban J connectivity index is 2.46. The van der Waals surface area contributed by atoms with Crippen LogP contribution in [0.4, 0.5) is 0 Å². The Morgan fingerprint density at radius 3 is 2.64 bits per heavy atom. The lowest BCUT2D eigenvalue weighted by atomic mass is 10.3. The SMILES string of the molecule is CCCCNC(=O)Cn1c(=O)c(=O)n(CC)c2ncccc21. The normalized spacial score (nSPS) is 10.8. The minimum atomic E-state index is -0.701. The summed E-state index contributed by atoms with van der Waals surface area (Å²) in [6.07, 6.45) is 3.41. The maximum Gasteiger partial charge on any atom is 0.318 e. The second-order valence-electron chi connectivity index (χ2n) is 4.99. The number of aryl methyl sites for hydroxylation is 1. The predicted molar refractivity (Wildman–Crippen MR) is 83.9 cm³/mol. The van der Waals surface area contributed by atoms with Crippen LogP contribution in [0.2, 0.25) is 0 Å². The van der Waals surface area contributed by atoms with Crippen molar-refractivity contribution in [1.29, 1.82) is 0 Å². The molecule has 7 nitrogen and oxygen atoms in total. The van der Waals surface area contributed by atoms with Crippen molar-refractivity contribution in [1.82, 2.24) is 19.4 Å². The summed E-state index contributed by atoms with van der Waals surface area (Å²) in [7, 11) is 0. The van der Waals surface area contributed by atoms with Crippen LogP contribution >= 0.6 is 0 Å². The van der Waals surface area contributed by atoms with Crippen molar-refractivity contribution in [2.45, 2.75) is 39.8 Å². The molecule has 7 heteroatoms. The summed E-state index contributed by atoms with van der Waals surface area (Å²) in [5.74, 6) is -0.283. The Morgan fingerprint density at radius 2 is 1.95 bits per heavy atom. The Morgan fingerprint density at radius 1 is 1.23 bits per heavy atom. The molecule has 0 bridgehead atoms. The van der Waals surface area contributed by atoms with Gasteiger partial charge in [0, 0.05) is 19.3 Å². The first-order valence-corrected chi connectivity index (χ1v) is 7.45. The van der Waals surface area contributed by atoms with Crippen LogP contribution in [-0.2, 0) is 17.9 Å². The summed E-state index contributed by atoms with van der Waals surface area (Å²) >= 11 is 0. The molecule has 0 saturated carbocycles. The topological polar surface area (TPSA) is 86.0 Å². The third kappa shape index (κ3) is 3.08. The monoisotopic (exact) mass is 304 g/mol. The van der Waals surface area contributed by atoms with Crippen molar-refractivity contribution in [2.75, 3.05) is 6.54 Å². The van der Waals surface area contributed by atoms with Gasteiger partial charge in [0.05, 0.1) is 5.52 Å². The van der Waals surface area contributed by atoms with Crippen LogP contribution in [0.3, 0.4) is 0 Å². The molecule has 0 aliphatic heterocycles. The second-order valence-corrected chi connectivity index (χ2v) is 4.99. The van der Waals surface area contributed by atoms with Gasteiger partial charge < -0.3 is 5.32 Å². The maximum absolute atomic E-state index is 12.2. The molecule has 0 aromatic carbocycles. The third-order valence-electron chi connectivity index (χ3n) is 3.46. The number of rotatable bonds is 6. The fourth-order valence-corrected chi connectivity index (χ4v) is 2.30. The average Bonchev–Trinajstić information content (AvgIpc) is 2.52. The first kappa shape index (κ1) is 15.9. The number of carbonyl (C=O) groups is 1. The van der Waals surface area contributed by atoms with Gasteiger partial charge in [0.25, 0.3) is 0 Å². The lowest BCUT2D eigenvalue weighted by Crippen LogP contribution is -2.44. The standard InChI is InChI=1S/C15H20N4O3/c1-3-5-8-16-12(20)10-19-11-7-6-9-17-13(11)18(4-2)14(21)15(19)22/h6-7,9H,3-5,8,10H2,1-2H3,(H,16,20). The molecule has 0 saturated heterocycles. The van der Waals surface area contributed by atoms with Gasteiger partial charge in [0.1, 0.15) is 6.54 Å². The highest BCUT2D eigenvalue weighted by Crippen LogP contribution is 2.06. The van der Waals surface area contributed by atoms with Crippen molar-refractivity contribution >= 4 is 17.1 Å². The maximum atomic E-state index is 12.2. The number of hydrogen-bond acceptors (Lipinski definition) is 4. The summed E-state index contributed by atoms with van der Waals surface area (Å²) in [6.45, 7) is 4.54. The molecule has 2 aromatic rings. The Kier molecular flexibility index (Phi) is 5.08. The minimum Gasteiger partial charge on any atom is -0.355 e. The zero-order chi connectivity index (χ0) is 16.1. The second kappa shape index (κ2) is 7.02. The Bertz CT molecular complexity index is 791. The number of amides is 1. The fraction of sp³-hybridized carbons (Fsp3) is 0.467. The van der Waals surface area contributed by atoms with E-state index in [4.69, 9.17) is 0 Å². The first-order chi connectivity index (χ1) is 10.6. The van der Waals surface area contributed by atoms with Crippen LogP contribution in [0.5, 0.6) is 0 Å². The molecule has 0 aliphatic rings. The van der Waals surface area contributed by atoms with Crippen molar-refractivity contribution in [3.8, 4) is 0 Å². The Labute approximate surface area is 127 Å². The quantitative estimate of drug-likeness (QED) is 0.622. The molecule has 0 atom stereocenters. The van der Waals surface area contributed by atoms with Crippen molar-refractivity contribution in [3.63, 3.8) is 0 Å². The minimum absolute atomic E-state index is 0.176. The van der Waals surface area contributed by atoms with E-state index in [2.05, 4.69) is 10.3 Å². The summed E-state index contributed by atoms with van der Waals surface area (Å²) in [4.78, 5) is 40.5. The molecule has 0 spiro atoms. The number of aromatic nitrogens is 3. The van der Waals surface area contributed by atoms with Crippen LogP contribution in [0.15, 0.2) is 27.9 Å². The number of nitrogens with zero attached hydrogens (tertiary/aromatic N) is 3. The molecular weight excluding hydrogens is 284 g/mol. The van der Waals surface area contributed by atoms with E-state index in [0.717, 1.165) is 12.8 Å². The summed E-state index contributed by atoms with van der Waals surface area (Å²) in [6, 6.07) is 3.37. The van der Waals surface area contributed by atoms with Gasteiger partial charge in [0.15, 0.2) is 5.65 Å². The number of unbranched alkanes of at least 4 members (excludes halogenated alkanes) is 1. The molecule has 0 aliphatic carbocycles. The van der Waals surface area contributed by atoms with Gasteiger partial charge in [-0.1, -0.05) is 13.3 Å². The zero-order valence-corrected chi connectivity index (χ0v) is 12.8. The number of carbonyl (C=O) groups excluding carboxylic acids is 1. The molecule has 2 rings (SSSR count). The molecule has 1 N–H and O–H groups in total. The fourth-order valence-electron chi connectivity index (χ4n) is 2.30. The van der Waals surface area contributed by atoms with Gasteiger partial charge in [-0.05, 0) is 25.5 Å². The molecule has 118 valence electrons. The van der Waals surface area contributed by atoms with E-state index in [0.29, 0.717) is 24.3 Å². The number of nitrogens with one attached hydrogen (secondary N) is 1. The van der Waals surface area contributed by atoms with Gasteiger partial charge in [0.2, 0.25) is 5.91 Å². The largest absolute Gasteiger partial charge is 0.355 e. The smallest absolute Gasteiger partial charge is 0.318 e. The molecule has 0 fully saturated rings. The van der Waals surface area contributed by atoms with Crippen LogP contribution in [0.1, 0.15) is 26.7 Å². The molecular formula is C15H20N4O3.